The molecule has 3 nitrogen and oxygen atoms in total. The Morgan fingerprint density at radius 3 is 2.67 bits per heavy atom. The zero-order valence-corrected chi connectivity index (χ0v) is 9.56. The monoisotopic (exact) mass is 227 g/mol. The summed E-state index contributed by atoms with van der Waals surface area (Å²) in [5.74, 6) is -0.294. The molecular formula is C11H14ClNO2. The molecule has 1 aromatic rings. The Balaban J connectivity index is 3.15. The molecule has 4 heteroatoms. The molecule has 0 spiro atoms. The third-order valence-electron chi connectivity index (χ3n) is 2.16. The molecular weight excluding hydrogens is 214 g/mol. The lowest BCUT2D eigenvalue weighted by atomic mass is 10.1. The van der Waals surface area contributed by atoms with Crippen LogP contribution < -0.4 is 5.32 Å². The molecule has 1 rings (SSSR count). The van der Waals surface area contributed by atoms with Gasteiger partial charge in [-0.05, 0) is 25.5 Å². The highest BCUT2D eigenvalue weighted by atomic mass is 35.5. The summed E-state index contributed by atoms with van der Waals surface area (Å²) < 4.78 is 0. The number of hydrogen-bond acceptors (Lipinski definition) is 2. The number of amides is 1. The van der Waals surface area contributed by atoms with Crippen molar-refractivity contribution in [3.05, 3.63) is 28.3 Å². The Kier molecular flexibility index (Phi) is 3.97. The van der Waals surface area contributed by atoms with E-state index in [4.69, 9.17) is 11.6 Å². The number of rotatable bonds is 3. The van der Waals surface area contributed by atoms with Gasteiger partial charge in [0.15, 0.2) is 0 Å². The minimum atomic E-state index is -0.277. The van der Waals surface area contributed by atoms with Crippen molar-refractivity contribution in [2.24, 2.45) is 0 Å². The lowest BCUT2D eigenvalue weighted by Gasteiger charge is -2.09. The molecule has 1 aromatic carbocycles. The molecule has 0 aromatic heterocycles. The summed E-state index contributed by atoms with van der Waals surface area (Å²) in [6, 6.07) is 3.16. The highest BCUT2D eigenvalue weighted by molar-refractivity contribution is 6.31. The lowest BCUT2D eigenvalue weighted by molar-refractivity contribution is 0.0953. The van der Waals surface area contributed by atoms with Gasteiger partial charge in [0.2, 0.25) is 0 Å². The average molecular weight is 228 g/mol. The fourth-order valence-electron chi connectivity index (χ4n) is 1.39. The number of nitrogens with one attached hydrogen (secondary N) is 1. The molecule has 0 aliphatic carbocycles. The average Bonchev–Trinajstić information content (AvgIpc) is 2.18. The van der Waals surface area contributed by atoms with Crippen molar-refractivity contribution < 1.29 is 9.90 Å². The number of phenols is 1. The van der Waals surface area contributed by atoms with Gasteiger partial charge in [-0.25, -0.2) is 0 Å². The lowest BCUT2D eigenvalue weighted by Crippen LogP contribution is -2.22. The van der Waals surface area contributed by atoms with Crippen LogP contribution in [0.15, 0.2) is 12.1 Å². The van der Waals surface area contributed by atoms with Gasteiger partial charge in [0.05, 0.1) is 5.56 Å². The van der Waals surface area contributed by atoms with E-state index in [0.717, 1.165) is 0 Å². The molecule has 0 atom stereocenters. The summed E-state index contributed by atoms with van der Waals surface area (Å²) in [4.78, 5) is 11.5. The normalized spacial score (nSPS) is 10.1. The summed E-state index contributed by atoms with van der Waals surface area (Å²) in [6.07, 6.45) is 0.595. The standard InChI is InChI=1S/C11H14ClNO2/c1-3-7-9(12)6-5-8(10(7)14)11(15)13-4-2/h5-6,14H,3-4H2,1-2H3,(H,13,15). The van der Waals surface area contributed by atoms with E-state index in [2.05, 4.69) is 5.32 Å². The van der Waals surface area contributed by atoms with E-state index < -0.39 is 0 Å². The van der Waals surface area contributed by atoms with Crippen molar-refractivity contribution in [2.75, 3.05) is 6.54 Å². The maximum atomic E-state index is 11.5. The molecule has 0 bridgehead atoms. The van der Waals surface area contributed by atoms with Crippen LogP contribution in [0.3, 0.4) is 0 Å². The van der Waals surface area contributed by atoms with Crippen molar-refractivity contribution in [1.29, 1.82) is 0 Å². The number of carbonyl (C=O) groups excluding carboxylic acids is 1. The first-order valence-corrected chi connectivity index (χ1v) is 5.28. The largest absolute Gasteiger partial charge is 0.507 e. The molecule has 0 heterocycles. The minimum absolute atomic E-state index is 0.0176. The Hall–Kier alpha value is -1.22. The molecule has 0 radical (unpaired) electrons. The van der Waals surface area contributed by atoms with E-state index in [1.807, 2.05) is 13.8 Å². The number of aromatic hydroxyl groups is 1. The number of carbonyl (C=O) groups is 1. The predicted octanol–water partition coefficient (Wildman–Crippen LogP) is 2.36. The smallest absolute Gasteiger partial charge is 0.255 e. The van der Waals surface area contributed by atoms with Crippen molar-refractivity contribution in [1.82, 2.24) is 5.32 Å². The molecule has 0 aliphatic heterocycles. The van der Waals surface area contributed by atoms with Crippen molar-refractivity contribution in [3.8, 4) is 5.75 Å². The first kappa shape index (κ1) is 11.9. The molecule has 0 saturated carbocycles. The van der Waals surface area contributed by atoms with Gasteiger partial charge >= 0.3 is 0 Å². The van der Waals surface area contributed by atoms with Crippen LogP contribution in [0.4, 0.5) is 0 Å². The Labute approximate surface area is 94.1 Å². The topological polar surface area (TPSA) is 49.3 Å². The van der Waals surface area contributed by atoms with Gasteiger partial charge < -0.3 is 10.4 Å². The highest BCUT2D eigenvalue weighted by Gasteiger charge is 2.15. The van der Waals surface area contributed by atoms with Gasteiger partial charge in [-0.15, -0.1) is 0 Å². The van der Waals surface area contributed by atoms with Crippen molar-refractivity contribution >= 4 is 17.5 Å². The van der Waals surface area contributed by atoms with Crippen LogP contribution >= 0.6 is 11.6 Å². The second-order valence-corrected chi connectivity index (χ2v) is 3.54. The van der Waals surface area contributed by atoms with Crippen LogP contribution in [0.5, 0.6) is 5.75 Å². The summed E-state index contributed by atoms with van der Waals surface area (Å²) in [7, 11) is 0. The van der Waals surface area contributed by atoms with Crippen LogP contribution in [0.2, 0.25) is 5.02 Å². The van der Waals surface area contributed by atoms with Crippen molar-refractivity contribution in [3.63, 3.8) is 0 Å². The molecule has 0 aliphatic rings. The van der Waals surface area contributed by atoms with Gasteiger partial charge in [-0.1, -0.05) is 18.5 Å². The zero-order chi connectivity index (χ0) is 11.4. The molecule has 0 fully saturated rings. The van der Waals surface area contributed by atoms with Crippen LogP contribution in [0, 0.1) is 0 Å². The number of hydrogen-bond donors (Lipinski definition) is 2. The molecule has 0 unspecified atom stereocenters. The molecule has 15 heavy (non-hydrogen) atoms. The number of benzene rings is 1. The highest BCUT2D eigenvalue weighted by Crippen LogP contribution is 2.29. The van der Waals surface area contributed by atoms with Crippen LogP contribution in [-0.4, -0.2) is 17.6 Å². The maximum absolute atomic E-state index is 11.5. The van der Waals surface area contributed by atoms with E-state index in [-0.39, 0.29) is 17.2 Å². The van der Waals surface area contributed by atoms with Gasteiger partial charge in [0.25, 0.3) is 5.91 Å². The number of halogens is 1. The van der Waals surface area contributed by atoms with E-state index in [1.54, 1.807) is 6.07 Å². The third-order valence-corrected chi connectivity index (χ3v) is 2.52. The molecule has 1 amide bonds. The van der Waals surface area contributed by atoms with E-state index in [1.165, 1.54) is 6.07 Å². The van der Waals surface area contributed by atoms with Gasteiger partial charge in [0, 0.05) is 17.1 Å². The summed E-state index contributed by atoms with van der Waals surface area (Å²) in [5, 5.41) is 12.9. The Bertz CT molecular complexity index is 377. The SMILES string of the molecule is CCNC(=O)c1ccc(Cl)c(CC)c1O. The van der Waals surface area contributed by atoms with Gasteiger partial charge in [0.1, 0.15) is 5.75 Å². The quantitative estimate of drug-likeness (QED) is 0.833. The van der Waals surface area contributed by atoms with Crippen LogP contribution in [-0.2, 0) is 6.42 Å². The fourth-order valence-corrected chi connectivity index (χ4v) is 1.67. The summed E-state index contributed by atoms with van der Waals surface area (Å²) in [6.45, 7) is 4.23. The minimum Gasteiger partial charge on any atom is -0.507 e. The first-order chi connectivity index (χ1) is 7.11. The van der Waals surface area contributed by atoms with E-state index in [9.17, 15) is 9.90 Å². The summed E-state index contributed by atoms with van der Waals surface area (Å²) >= 11 is 5.89. The first-order valence-electron chi connectivity index (χ1n) is 4.90. The summed E-state index contributed by atoms with van der Waals surface area (Å²) in [5.41, 5.74) is 0.888. The van der Waals surface area contributed by atoms with Crippen LogP contribution in [0.25, 0.3) is 0 Å². The van der Waals surface area contributed by atoms with Crippen molar-refractivity contribution in [2.45, 2.75) is 20.3 Å². The second kappa shape index (κ2) is 5.03. The third kappa shape index (κ3) is 2.42. The fraction of sp³-hybridized carbons (Fsp3) is 0.364. The molecule has 2 N–H and O–H groups in total. The van der Waals surface area contributed by atoms with Gasteiger partial charge in [-0.2, -0.15) is 0 Å². The Morgan fingerprint density at radius 1 is 1.47 bits per heavy atom. The predicted molar refractivity (Wildman–Crippen MR) is 60.5 cm³/mol. The molecule has 0 saturated heterocycles. The molecule has 82 valence electrons. The zero-order valence-electron chi connectivity index (χ0n) is 8.80. The second-order valence-electron chi connectivity index (χ2n) is 3.14. The van der Waals surface area contributed by atoms with Crippen LogP contribution in [0.1, 0.15) is 29.8 Å². The maximum Gasteiger partial charge on any atom is 0.255 e. The van der Waals surface area contributed by atoms with Gasteiger partial charge in [-0.3, -0.25) is 4.79 Å². The Morgan fingerprint density at radius 2 is 2.13 bits per heavy atom. The van der Waals surface area contributed by atoms with E-state index in [0.29, 0.717) is 23.6 Å². The van der Waals surface area contributed by atoms with E-state index >= 15 is 0 Å². The number of phenolic OH excluding ortho intramolecular Hbond substituents is 1.